The number of nitrogens with zero attached hydrogens (tertiary/aromatic N) is 4. The van der Waals surface area contributed by atoms with E-state index in [-0.39, 0.29) is 0 Å². The predicted octanol–water partition coefficient (Wildman–Crippen LogP) is 2.04. The summed E-state index contributed by atoms with van der Waals surface area (Å²) in [6.45, 7) is 8.70. The van der Waals surface area contributed by atoms with Crippen LogP contribution in [0.4, 0.5) is 5.82 Å². The number of nitrogens with one attached hydrogen (secondary N) is 1. The van der Waals surface area contributed by atoms with Crippen LogP contribution in [0.3, 0.4) is 0 Å². The van der Waals surface area contributed by atoms with Gasteiger partial charge in [0.15, 0.2) is 10.8 Å². The summed E-state index contributed by atoms with van der Waals surface area (Å²) in [6, 6.07) is 0. The van der Waals surface area contributed by atoms with Gasteiger partial charge in [-0.05, 0) is 32.5 Å². The molecule has 0 amide bonds. The van der Waals surface area contributed by atoms with Crippen molar-refractivity contribution in [3.63, 3.8) is 0 Å². The Labute approximate surface area is 130 Å². The second kappa shape index (κ2) is 6.77. The molecule has 1 N–H and O–H groups in total. The highest BCUT2D eigenvalue weighted by Crippen LogP contribution is 2.24. The Morgan fingerprint density at radius 1 is 1.38 bits per heavy atom. The van der Waals surface area contributed by atoms with Crippen LogP contribution in [0.25, 0.3) is 4.96 Å². The van der Waals surface area contributed by atoms with Crippen molar-refractivity contribution in [2.24, 2.45) is 0 Å². The molecule has 3 rings (SSSR count). The molecule has 0 unspecified atom stereocenters. The van der Waals surface area contributed by atoms with Gasteiger partial charge in [-0.3, -0.25) is 4.40 Å². The molecule has 1 aliphatic heterocycles. The van der Waals surface area contributed by atoms with Crippen molar-refractivity contribution in [2.45, 2.75) is 26.3 Å². The number of aromatic nitrogens is 2. The Balaban J connectivity index is 1.72. The quantitative estimate of drug-likeness (QED) is 0.849. The lowest BCUT2D eigenvalue weighted by atomic mass is 10.3. The second-order valence-electron chi connectivity index (χ2n) is 5.69. The lowest BCUT2D eigenvalue weighted by molar-refractivity contribution is 0.346. The van der Waals surface area contributed by atoms with Crippen LogP contribution in [0.1, 0.15) is 25.5 Å². The number of imidazole rings is 1. The molecular formula is C15H25N5S. The van der Waals surface area contributed by atoms with Crippen molar-refractivity contribution >= 4 is 22.1 Å². The van der Waals surface area contributed by atoms with Crippen LogP contribution < -0.4 is 10.2 Å². The molecule has 5 nitrogen and oxygen atoms in total. The summed E-state index contributed by atoms with van der Waals surface area (Å²) >= 11 is 1.70. The maximum atomic E-state index is 4.82. The van der Waals surface area contributed by atoms with Crippen molar-refractivity contribution in [1.82, 2.24) is 19.6 Å². The van der Waals surface area contributed by atoms with E-state index in [9.17, 15) is 0 Å². The molecule has 2 aromatic heterocycles. The first-order chi connectivity index (χ1) is 10.3. The zero-order chi connectivity index (χ0) is 14.7. The summed E-state index contributed by atoms with van der Waals surface area (Å²) in [7, 11) is 2.16. The molecule has 1 aliphatic rings. The normalized spacial score (nSPS) is 16.1. The van der Waals surface area contributed by atoms with E-state index in [1.807, 2.05) is 0 Å². The number of rotatable bonds is 7. The largest absolute Gasteiger partial charge is 0.357 e. The first-order valence-corrected chi connectivity index (χ1v) is 8.76. The number of anilines is 1. The molecule has 3 heterocycles. The molecule has 2 aromatic rings. The molecule has 21 heavy (non-hydrogen) atoms. The third-order valence-electron chi connectivity index (χ3n) is 4.19. The maximum Gasteiger partial charge on any atom is 0.195 e. The van der Waals surface area contributed by atoms with Gasteiger partial charge in [0.05, 0.1) is 5.69 Å². The summed E-state index contributed by atoms with van der Waals surface area (Å²) in [5, 5.41) is 5.53. The van der Waals surface area contributed by atoms with Gasteiger partial charge < -0.3 is 15.1 Å². The van der Waals surface area contributed by atoms with Crippen molar-refractivity contribution < 1.29 is 0 Å². The average molecular weight is 307 g/mol. The van der Waals surface area contributed by atoms with Crippen molar-refractivity contribution in [1.29, 1.82) is 0 Å². The Kier molecular flexibility index (Phi) is 4.77. The third-order valence-corrected chi connectivity index (χ3v) is 4.95. The van der Waals surface area contributed by atoms with Crippen LogP contribution >= 0.6 is 11.3 Å². The zero-order valence-corrected chi connectivity index (χ0v) is 13.8. The molecular weight excluding hydrogens is 282 g/mol. The van der Waals surface area contributed by atoms with E-state index in [0.29, 0.717) is 0 Å². The highest BCUT2D eigenvalue weighted by atomic mass is 32.1. The van der Waals surface area contributed by atoms with Gasteiger partial charge in [-0.2, -0.15) is 0 Å². The third kappa shape index (κ3) is 3.22. The van der Waals surface area contributed by atoms with Gasteiger partial charge in [0.2, 0.25) is 0 Å². The first-order valence-electron chi connectivity index (χ1n) is 7.88. The molecule has 0 saturated carbocycles. The van der Waals surface area contributed by atoms with Gasteiger partial charge in [0, 0.05) is 38.3 Å². The van der Waals surface area contributed by atoms with E-state index in [4.69, 9.17) is 4.98 Å². The number of hydrogen-bond acceptors (Lipinski definition) is 5. The van der Waals surface area contributed by atoms with Crippen LogP contribution in [-0.2, 0) is 6.54 Å². The van der Waals surface area contributed by atoms with Gasteiger partial charge in [-0.25, -0.2) is 4.98 Å². The van der Waals surface area contributed by atoms with E-state index >= 15 is 0 Å². The Morgan fingerprint density at radius 2 is 2.19 bits per heavy atom. The van der Waals surface area contributed by atoms with E-state index < -0.39 is 0 Å². The van der Waals surface area contributed by atoms with Crippen LogP contribution in [0.15, 0.2) is 11.6 Å². The minimum Gasteiger partial charge on any atom is -0.357 e. The molecule has 0 atom stereocenters. The Morgan fingerprint density at radius 3 is 2.95 bits per heavy atom. The van der Waals surface area contributed by atoms with Gasteiger partial charge in [0.25, 0.3) is 0 Å². The summed E-state index contributed by atoms with van der Waals surface area (Å²) in [4.78, 5) is 10.8. The molecule has 0 aliphatic carbocycles. The van der Waals surface area contributed by atoms with Crippen LogP contribution in [-0.4, -0.2) is 54.1 Å². The SMILES string of the molecule is CCNCc1c(N(C)CCN2CCCC2)nc2sccn12. The second-order valence-corrected chi connectivity index (χ2v) is 6.56. The minimum absolute atomic E-state index is 0.873. The van der Waals surface area contributed by atoms with Gasteiger partial charge in [-0.1, -0.05) is 6.92 Å². The fourth-order valence-corrected chi connectivity index (χ4v) is 3.67. The molecule has 0 aromatic carbocycles. The summed E-state index contributed by atoms with van der Waals surface area (Å²) in [5.74, 6) is 1.13. The molecule has 0 spiro atoms. The summed E-state index contributed by atoms with van der Waals surface area (Å²) in [5.41, 5.74) is 1.28. The molecule has 0 bridgehead atoms. The predicted molar refractivity (Wildman–Crippen MR) is 89.4 cm³/mol. The van der Waals surface area contributed by atoms with Crippen LogP contribution in [0.5, 0.6) is 0 Å². The van der Waals surface area contributed by atoms with Crippen molar-refractivity contribution in [3.05, 3.63) is 17.3 Å². The highest BCUT2D eigenvalue weighted by molar-refractivity contribution is 7.15. The number of fused-ring (bicyclic) bond motifs is 1. The Hall–Kier alpha value is -1.11. The maximum absolute atomic E-state index is 4.82. The number of likely N-dealkylation sites (N-methyl/N-ethyl adjacent to an activating group) is 1. The average Bonchev–Trinajstić information content (AvgIpc) is 3.19. The minimum atomic E-state index is 0.873. The highest BCUT2D eigenvalue weighted by Gasteiger charge is 2.18. The zero-order valence-electron chi connectivity index (χ0n) is 13.0. The molecule has 1 saturated heterocycles. The lowest BCUT2D eigenvalue weighted by Crippen LogP contribution is -2.32. The smallest absolute Gasteiger partial charge is 0.195 e. The molecule has 6 heteroatoms. The number of likely N-dealkylation sites (tertiary alicyclic amines) is 1. The van der Waals surface area contributed by atoms with Crippen LogP contribution in [0, 0.1) is 0 Å². The van der Waals surface area contributed by atoms with Crippen molar-refractivity contribution in [3.8, 4) is 0 Å². The number of thiazole rings is 1. The van der Waals surface area contributed by atoms with E-state index in [1.54, 1.807) is 11.3 Å². The fourth-order valence-electron chi connectivity index (χ4n) is 2.94. The van der Waals surface area contributed by atoms with E-state index in [1.165, 1.54) is 31.6 Å². The van der Waals surface area contributed by atoms with Crippen LogP contribution in [0.2, 0.25) is 0 Å². The van der Waals surface area contributed by atoms with E-state index in [0.717, 1.165) is 37.0 Å². The van der Waals surface area contributed by atoms with Gasteiger partial charge >= 0.3 is 0 Å². The monoisotopic (exact) mass is 307 g/mol. The Bertz CT molecular complexity index is 570. The van der Waals surface area contributed by atoms with Gasteiger partial charge in [-0.15, -0.1) is 11.3 Å². The number of hydrogen-bond donors (Lipinski definition) is 1. The molecule has 0 radical (unpaired) electrons. The standard InChI is InChI=1S/C15H25N5S/c1-3-16-12-13-14(17-15-20(13)10-11-21-15)18(2)8-9-19-6-4-5-7-19/h10-11,16H,3-9,12H2,1-2H3. The summed E-state index contributed by atoms with van der Waals surface area (Å²) in [6.07, 6.45) is 4.84. The van der Waals surface area contributed by atoms with Gasteiger partial charge in [0.1, 0.15) is 0 Å². The lowest BCUT2D eigenvalue weighted by Gasteiger charge is -2.22. The molecule has 1 fully saturated rings. The summed E-state index contributed by atoms with van der Waals surface area (Å²) < 4.78 is 2.22. The topological polar surface area (TPSA) is 35.8 Å². The van der Waals surface area contributed by atoms with E-state index in [2.05, 4.69) is 45.1 Å². The fraction of sp³-hybridized carbons (Fsp3) is 0.667. The first kappa shape index (κ1) is 14.8. The molecule has 116 valence electrons. The van der Waals surface area contributed by atoms with Crippen molar-refractivity contribution in [2.75, 3.05) is 44.7 Å².